The van der Waals surface area contributed by atoms with Crippen LogP contribution in [-0.4, -0.2) is 10.5 Å². The molecule has 22 heavy (non-hydrogen) atoms. The number of hydrogen-bond donors (Lipinski definition) is 1. The van der Waals surface area contributed by atoms with Gasteiger partial charge in [-0.2, -0.15) is 0 Å². The number of aryl methyl sites for hydroxylation is 2. The standard InChI is InChI=1S/C17H17FN2O2/c1-10-7-8-20(2)17(22)15(10)19-16(21)14-9-13(14)11-3-5-12(18)6-4-11/h3-8,13-14H,9H2,1-2H3,(H,19,21)/t13-,14+/m0/s1. The van der Waals surface area contributed by atoms with Crippen LogP contribution in [-0.2, 0) is 11.8 Å². The zero-order valence-electron chi connectivity index (χ0n) is 12.5. The van der Waals surface area contributed by atoms with Crippen LogP contribution in [0.25, 0.3) is 0 Å². The zero-order valence-corrected chi connectivity index (χ0v) is 12.5. The maximum atomic E-state index is 12.9. The Morgan fingerprint density at radius 1 is 1.27 bits per heavy atom. The molecule has 4 nitrogen and oxygen atoms in total. The highest BCUT2D eigenvalue weighted by molar-refractivity contribution is 5.95. The third-order valence-corrected chi connectivity index (χ3v) is 4.15. The van der Waals surface area contributed by atoms with E-state index in [2.05, 4.69) is 5.32 Å². The zero-order chi connectivity index (χ0) is 15.9. The second-order valence-corrected chi connectivity index (χ2v) is 5.78. The van der Waals surface area contributed by atoms with Crippen molar-refractivity contribution in [2.24, 2.45) is 13.0 Å². The molecule has 1 aromatic carbocycles. The van der Waals surface area contributed by atoms with Crippen molar-refractivity contribution in [1.29, 1.82) is 0 Å². The van der Waals surface area contributed by atoms with Crippen molar-refractivity contribution in [2.45, 2.75) is 19.3 Å². The lowest BCUT2D eigenvalue weighted by Gasteiger charge is -2.09. The highest BCUT2D eigenvalue weighted by atomic mass is 19.1. The highest BCUT2D eigenvalue weighted by Crippen LogP contribution is 2.47. The van der Waals surface area contributed by atoms with E-state index in [0.29, 0.717) is 5.69 Å². The molecular formula is C17H17FN2O2. The lowest BCUT2D eigenvalue weighted by Crippen LogP contribution is -2.26. The Hall–Kier alpha value is -2.43. The third kappa shape index (κ3) is 2.66. The minimum absolute atomic E-state index is 0.105. The predicted molar refractivity (Wildman–Crippen MR) is 82.3 cm³/mol. The number of nitrogens with one attached hydrogen (secondary N) is 1. The quantitative estimate of drug-likeness (QED) is 0.947. The van der Waals surface area contributed by atoms with Crippen molar-refractivity contribution in [1.82, 2.24) is 4.57 Å². The predicted octanol–water partition coefficient (Wildman–Crippen LogP) is 2.58. The number of rotatable bonds is 3. The van der Waals surface area contributed by atoms with E-state index in [1.165, 1.54) is 16.7 Å². The molecule has 0 saturated heterocycles. The summed E-state index contributed by atoms with van der Waals surface area (Å²) >= 11 is 0. The molecule has 1 heterocycles. The van der Waals surface area contributed by atoms with Crippen LogP contribution < -0.4 is 10.9 Å². The Morgan fingerprint density at radius 2 is 1.95 bits per heavy atom. The van der Waals surface area contributed by atoms with Crippen LogP contribution in [0.15, 0.2) is 41.3 Å². The number of carbonyl (C=O) groups excluding carboxylic acids is 1. The Kier molecular flexibility index (Phi) is 3.56. The number of hydrogen-bond acceptors (Lipinski definition) is 2. The molecule has 114 valence electrons. The van der Waals surface area contributed by atoms with Crippen LogP contribution in [0.1, 0.15) is 23.5 Å². The van der Waals surface area contributed by atoms with Gasteiger partial charge in [-0.3, -0.25) is 9.59 Å². The minimum atomic E-state index is -0.284. The average molecular weight is 300 g/mol. The summed E-state index contributed by atoms with van der Waals surface area (Å²) in [7, 11) is 1.65. The van der Waals surface area contributed by atoms with Crippen LogP contribution in [0.4, 0.5) is 10.1 Å². The first kappa shape index (κ1) is 14.5. The molecule has 0 spiro atoms. The molecule has 0 unspecified atom stereocenters. The normalized spacial score (nSPS) is 19.8. The highest BCUT2D eigenvalue weighted by Gasteiger charge is 2.44. The summed E-state index contributed by atoms with van der Waals surface area (Å²) in [6.45, 7) is 1.79. The van der Waals surface area contributed by atoms with E-state index >= 15 is 0 Å². The van der Waals surface area contributed by atoms with Gasteiger partial charge in [-0.25, -0.2) is 4.39 Å². The van der Waals surface area contributed by atoms with E-state index in [0.717, 1.165) is 17.5 Å². The SMILES string of the molecule is Cc1ccn(C)c(=O)c1NC(=O)[C@@H]1C[C@H]1c1ccc(F)cc1. The van der Waals surface area contributed by atoms with Crippen molar-refractivity contribution in [3.63, 3.8) is 0 Å². The summed E-state index contributed by atoms with van der Waals surface area (Å²) in [6, 6.07) is 8.01. The van der Waals surface area contributed by atoms with Crippen LogP contribution in [0.3, 0.4) is 0 Å². The number of anilines is 1. The summed E-state index contributed by atoms with van der Waals surface area (Å²) < 4.78 is 14.4. The Morgan fingerprint density at radius 3 is 2.64 bits per heavy atom. The number of benzene rings is 1. The van der Waals surface area contributed by atoms with Crippen molar-refractivity contribution in [3.05, 3.63) is 63.8 Å². The van der Waals surface area contributed by atoms with Gasteiger partial charge in [-0.1, -0.05) is 12.1 Å². The van der Waals surface area contributed by atoms with E-state index in [1.807, 2.05) is 0 Å². The van der Waals surface area contributed by atoms with Gasteiger partial charge in [0.1, 0.15) is 11.5 Å². The first-order chi connectivity index (χ1) is 10.5. The van der Waals surface area contributed by atoms with Gasteiger partial charge in [0, 0.05) is 19.2 Å². The molecule has 1 aliphatic rings. The molecule has 1 aliphatic carbocycles. The van der Waals surface area contributed by atoms with Gasteiger partial charge in [-0.15, -0.1) is 0 Å². The molecule has 5 heteroatoms. The lowest BCUT2D eigenvalue weighted by molar-refractivity contribution is -0.117. The fraction of sp³-hybridized carbons (Fsp3) is 0.294. The van der Waals surface area contributed by atoms with Crippen molar-refractivity contribution >= 4 is 11.6 Å². The maximum absolute atomic E-state index is 12.9. The summed E-state index contributed by atoms with van der Waals surface area (Å²) in [5.74, 6) is -0.488. The topological polar surface area (TPSA) is 51.1 Å². The molecule has 0 bridgehead atoms. The molecule has 3 rings (SSSR count). The van der Waals surface area contributed by atoms with Crippen molar-refractivity contribution in [2.75, 3.05) is 5.32 Å². The number of nitrogens with zero attached hydrogens (tertiary/aromatic N) is 1. The van der Waals surface area contributed by atoms with Gasteiger partial charge in [-0.05, 0) is 48.6 Å². The molecule has 1 fully saturated rings. The molecule has 2 atom stereocenters. The van der Waals surface area contributed by atoms with Crippen LogP contribution in [0, 0.1) is 18.7 Å². The summed E-state index contributed by atoms with van der Waals surface area (Å²) in [5, 5.41) is 2.75. The number of pyridine rings is 1. The Balaban J connectivity index is 1.74. The Bertz CT molecular complexity index is 780. The largest absolute Gasteiger partial charge is 0.321 e. The van der Waals surface area contributed by atoms with Crippen LogP contribution in [0.5, 0.6) is 0 Å². The lowest BCUT2D eigenvalue weighted by atomic mass is 10.1. The molecule has 1 aromatic heterocycles. The van der Waals surface area contributed by atoms with E-state index in [4.69, 9.17) is 0 Å². The van der Waals surface area contributed by atoms with Crippen LogP contribution >= 0.6 is 0 Å². The molecule has 1 N–H and O–H groups in total. The Labute approximate surface area is 127 Å². The molecule has 1 saturated carbocycles. The number of aromatic nitrogens is 1. The van der Waals surface area contributed by atoms with E-state index in [-0.39, 0.29) is 29.1 Å². The van der Waals surface area contributed by atoms with Gasteiger partial charge in [0.2, 0.25) is 5.91 Å². The summed E-state index contributed by atoms with van der Waals surface area (Å²) in [5.41, 5.74) is 1.82. The smallest absolute Gasteiger partial charge is 0.274 e. The fourth-order valence-corrected chi connectivity index (χ4v) is 2.65. The average Bonchev–Trinajstić information content (AvgIpc) is 3.29. The van der Waals surface area contributed by atoms with Gasteiger partial charge in [0.25, 0.3) is 5.56 Å². The van der Waals surface area contributed by atoms with E-state index < -0.39 is 0 Å². The van der Waals surface area contributed by atoms with Gasteiger partial charge >= 0.3 is 0 Å². The molecule has 2 aromatic rings. The van der Waals surface area contributed by atoms with E-state index in [1.54, 1.807) is 38.4 Å². The third-order valence-electron chi connectivity index (χ3n) is 4.15. The molecule has 1 amide bonds. The molecule has 0 radical (unpaired) electrons. The van der Waals surface area contributed by atoms with Crippen molar-refractivity contribution < 1.29 is 9.18 Å². The van der Waals surface area contributed by atoms with Crippen LogP contribution in [0.2, 0.25) is 0 Å². The fourth-order valence-electron chi connectivity index (χ4n) is 2.65. The summed E-state index contributed by atoms with van der Waals surface area (Å²) in [4.78, 5) is 24.4. The second kappa shape index (κ2) is 5.40. The number of amides is 1. The van der Waals surface area contributed by atoms with Crippen molar-refractivity contribution in [3.8, 4) is 0 Å². The maximum Gasteiger partial charge on any atom is 0.274 e. The van der Waals surface area contributed by atoms with E-state index in [9.17, 15) is 14.0 Å². The first-order valence-electron chi connectivity index (χ1n) is 7.20. The van der Waals surface area contributed by atoms with Gasteiger partial charge < -0.3 is 9.88 Å². The monoisotopic (exact) mass is 300 g/mol. The van der Waals surface area contributed by atoms with Gasteiger partial charge in [0.05, 0.1) is 0 Å². The molecule has 0 aliphatic heterocycles. The second-order valence-electron chi connectivity index (χ2n) is 5.78. The van der Waals surface area contributed by atoms with Gasteiger partial charge in [0.15, 0.2) is 0 Å². The number of carbonyl (C=O) groups is 1. The first-order valence-corrected chi connectivity index (χ1v) is 7.20. The number of halogens is 1. The molecular weight excluding hydrogens is 283 g/mol. The minimum Gasteiger partial charge on any atom is -0.321 e. The summed E-state index contributed by atoms with van der Waals surface area (Å²) in [6.07, 6.45) is 2.40.